The van der Waals surface area contributed by atoms with Crippen LogP contribution in [0.5, 0.6) is 0 Å². The van der Waals surface area contributed by atoms with Crippen LogP contribution in [0.3, 0.4) is 0 Å². The summed E-state index contributed by atoms with van der Waals surface area (Å²) in [7, 11) is 0. The zero-order valence-electron chi connectivity index (χ0n) is 11.2. The van der Waals surface area contributed by atoms with Crippen LogP contribution in [-0.4, -0.2) is 12.6 Å². The Morgan fingerprint density at radius 3 is 2.53 bits per heavy atom. The normalized spacial score (nSPS) is 24.8. The number of nitrogens with one attached hydrogen (secondary N) is 1. The van der Waals surface area contributed by atoms with Gasteiger partial charge in [0.15, 0.2) is 0 Å². The van der Waals surface area contributed by atoms with Crippen molar-refractivity contribution >= 4 is 0 Å². The lowest BCUT2D eigenvalue weighted by Crippen LogP contribution is -2.39. The summed E-state index contributed by atoms with van der Waals surface area (Å²) < 4.78 is 0. The first kappa shape index (κ1) is 12.6. The largest absolute Gasteiger partial charge is 0.314 e. The fourth-order valence-electron chi connectivity index (χ4n) is 3.01. The zero-order valence-corrected chi connectivity index (χ0v) is 11.2. The summed E-state index contributed by atoms with van der Waals surface area (Å²) >= 11 is 0. The van der Waals surface area contributed by atoms with Gasteiger partial charge in [-0.05, 0) is 44.2 Å². The van der Waals surface area contributed by atoms with E-state index < -0.39 is 0 Å². The molecule has 0 radical (unpaired) electrons. The lowest BCUT2D eigenvalue weighted by Gasteiger charge is -2.32. The highest BCUT2D eigenvalue weighted by molar-refractivity contribution is 5.22. The summed E-state index contributed by atoms with van der Waals surface area (Å²) in [5.74, 6) is 0.839. The molecule has 1 N–H and O–H groups in total. The number of hydrogen-bond donors (Lipinski definition) is 1. The predicted molar refractivity (Wildman–Crippen MR) is 74.3 cm³/mol. The average Bonchev–Trinajstić information content (AvgIpc) is 2.35. The predicted octanol–water partition coefficient (Wildman–Crippen LogP) is 3.71. The first-order valence-corrected chi connectivity index (χ1v) is 7.08. The van der Waals surface area contributed by atoms with Gasteiger partial charge in [0.1, 0.15) is 0 Å². The second-order valence-corrected chi connectivity index (χ2v) is 5.40. The van der Waals surface area contributed by atoms with Crippen molar-refractivity contribution in [3.63, 3.8) is 0 Å². The van der Waals surface area contributed by atoms with E-state index in [0.29, 0.717) is 0 Å². The van der Waals surface area contributed by atoms with E-state index in [1.807, 2.05) is 0 Å². The van der Waals surface area contributed by atoms with E-state index in [4.69, 9.17) is 0 Å². The standard InChI is InChI=1S/C16H25N/c1-3-17-16-7-5-4-6-15(16)12-14-10-8-13(2)9-11-14/h8-11,15-17H,3-7,12H2,1-2H3. The Morgan fingerprint density at radius 2 is 1.82 bits per heavy atom. The first-order valence-electron chi connectivity index (χ1n) is 7.08. The van der Waals surface area contributed by atoms with Crippen LogP contribution in [0, 0.1) is 12.8 Å². The highest BCUT2D eigenvalue weighted by Crippen LogP contribution is 2.27. The van der Waals surface area contributed by atoms with E-state index in [1.54, 1.807) is 0 Å². The topological polar surface area (TPSA) is 12.0 Å². The second-order valence-electron chi connectivity index (χ2n) is 5.40. The van der Waals surface area contributed by atoms with Gasteiger partial charge in [-0.3, -0.25) is 0 Å². The van der Waals surface area contributed by atoms with Crippen LogP contribution in [0.1, 0.15) is 43.7 Å². The van der Waals surface area contributed by atoms with E-state index in [-0.39, 0.29) is 0 Å². The van der Waals surface area contributed by atoms with E-state index in [9.17, 15) is 0 Å². The zero-order chi connectivity index (χ0) is 12.1. The fourth-order valence-corrected chi connectivity index (χ4v) is 3.01. The van der Waals surface area contributed by atoms with E-state index in [2.05, 4.69) is 43.4 Å². The molecule has 1 aromatic carbocycles. The van der Waals surface area contributed by atoms with Gasteiger partial charge in [-0.15, -0.1) is 0 Å². The van der Waals surface area contributed by atoms with E-state index >= 15 is 0 Å². The summed E-state index contributed by atoms with van der Waals surface area (Å²) in [5.41, 5.74) is 2.87. The molecule has 94 valence electrons. The van der Waals surface area contributed by atoms with Crippen molar-refractivity contribution in [3.05, 3.63) is 35.4 Å². The van der Waals surface area contributed by atoms with E-state index in [0.717, 1.165) is 18.5 Å². The number of aryl methyl sites for hydroxylation is 1. The maximum Gasteiger partial charge on any atom is 0.00983 e. The Labute approximate surface area is 106 Å². The van der Waals surface area contributed by atoms with Crippen LogP contribution in [-0.2, 0) is 6.42 Å². The molecule has 0 heterocycles. The number of rotatable bonds is 4. The minimum atomic E-state index is 0.745. The van der Waals surface area contributed by atoms with Gasteiger partial charge in [-0.2, -0.15) is 0 Å². The number of benzene rings is 1. The third-order valence-corrected chi connectivity index (χ3v) is 3.99. The van der Waals surface area contributed by atoms with Crippen LogP contribution in [0.2, 0.25) is 0 Å². The molecular weight excluding hydrogens is 206 g/mol. The molecule has 1 aliphatic rings. The Hall–Kier alpha value is -0.820. The second kappa shape index (κ2) is 6.20. The Morgan fingerprint density at radius 1 is 1.12 bits per heavy atom. The van der Waals surface area contributed by atoms with Gasteiger partial charge in [0, 0.05) is 6.04 Å². The van der Waals surface area contributed by atoms with Gasteiger partial charge in [-0.25, -0.2) is 0 Å². The number of hydrogen-bond acceptors (Lipinski definition) is 1. The molecule has 0 spiro atoms. The Balaban J connectivity index is 1.97. The Bertz CT molecular complexity index is 326. The summed E-state index contributed by atoms with van der Waals surface area (Å²) in [6.45, 7) is 5.48. The lowest BCUT2D eigenvalue weighted by atomic mass is 9.80. The average molecular weight is 231 g/mol. The van der Waals surface area contributed by atoms with Crippen molar-refractivity contribution in [1.82, 2.24) is 5.32 Å². The van der Waals surface area contributed by atoms with Crippen molar-refractivity contribution in [1.29, 1.82) is 0 Å². The van der Waals surface area contributed by atoms with Crippen LogP contribution in [0.15, 0.2) is 24.3 Å². The molecule has 0 aliphatic heterocycles. The van der Waals surface area contributed by atoms with Crippen molar-refractivity contribution in [2.75, 3.05) is 6.54 Å². The quantitative estimate of drug-likeness (QED) is 0.833. The maximum atomic E-state index is 3.67. The molecule has 1 nitrogen and oxygen atoms in total. The SMILES string of the molecule is CCNC1CCCCC1Cc1ccc(C)cc1. The molecule has 1 aliphatic carbocycles. The molecule has 1 aromatic rings. The minimum absolute atomic E-state index is 0.745. The molecule has 1 heteroatoms. The summed E-state index contributed by atoms with van der Waals surface area (Å²) in [6.07, 6.45) is 6.83. The van der Waals surface area contributed by atoms with Crippen molar-refractivity contribution in [2.24, 2.45) is 5.92 Å². The van der Waals surface area contributed by atoms with Crippen molar-refractivity contribution in [3.8, 4) is 0 Å². The fraction of sp³-hybridized carbons (Fsp3) is 0.625. The van der Waals surface area contributed by atoms with Gasteiger partial charge >= 0.3 is 0 Å². The van der Waals surface area contributed by atoms with Crippen LogP contribution in [0.4, 0.5) is 0 Å². The summed E-state index contributed by atoms with van der Waals surface area (Å²) in [5, 5.41) is 3.67. The monoisotopic (exact) mass is 231 g/mol. The van der Waals surface area contributed by atoms with Gasteiger partial charge in [0.2, 0.25) is 0 Å². The first-order chi connectivity index (χ1) is 8.29. The van der Waals surface area contributed by atoms with Crippen LogP contribution in [0.25, 0.3) is 0 Å². The van der Waals surface area contributed by atoms with Gasteiger partial charge in [0.25, 0.3) is 0 Å². The van der Waals surface area contributed by atoms with Gasteiger partial charge in [0.05, 0.1) is 0 Å². The van der Waals surface area contributed by atoms with Gasteiger partial charge < -0.3 is 5.32 Å². The molecule has 0 amide bonds. The molecule has 1 saturated carbocycles. The summed E-state index contributed by atoms with van der Waals surface area (Å²) in [4.78, 5) is 0. The molecule has 17 heavy (non-hydrogen) atoms. The molecule has 0 bridgehead atoms. The third kappa shape index (κ3) is 3.57. The van der Waals surface area contributed by atoms with Gasteiger partial charge in [-0.1, -0.05) is 49.6 Å². The molecule has 2 unspecified atom stereocenters. The molecule has 0 saturated heterocycles. The third-order valence-electron chi connectivity index (χ3n) is 3.99. The summed E-state index contributed by atoms with van der Waals surface area (Å²) in [6, 6.07) is 9.82. The molecular formula is C16H25N. The van der Waals surface area contributed by atoms with Crippen molar-refractivity contribution in [2.45, 2.75) is 52.0 Å². The molecule has 1 fully saturated rings. The highest BCUT2D eigenvalue weighted by Gasteiger charge is 2.24. The Kier molecular flexibility index (Phi) is 4.61. The minimum Gasteiger partial charge on any atom is -0.314 e. The lowest BCUT2D eigenvalue weighted by molar-refractivity contribution is 0.264. The maximum absolute atomic E-state index is 3.67. The van der Waals surface area contributed by atoms with Crippen LogP contribution < -0.4 is 5.32 Å². The smallest absolute Gasteiger partial charge is 0.00983 e. The van der Waals surface area contributed by atoms with Crippen molar-refractivity contribution < 1.29 is 0 Å². The van der Waals surface area contributed by atoms with E-state index in [1.165, 1.54) is 43.2 Å². The molecule has 0 aromatic heterocycles. The highest BCUT2D eigenvalue weighted by atomic mass is 14.9. The molecule has 2 atom stereocenters. The van der Waals surface area contributed by atoms with Crippen LogP contribution >= 0.6 is 0 Å². The molecule has 2 rings (SSSR count).